The molecule has 134 valence electrons. The molecule has 0 aliphatic rings. The first kappa shape index (κ1) is 18.4. The molecule has 2 aromatic carbocycles. The van der Waals surface area contributed by atoms with Crippen molar-refractivity contribution in [3.63, 3.8) is 0 Å². The van der Waals surface area contributed by atoms with Crippen LogP contribution in [0.3, 0.4) is 0 Å². The van der Waals surface area contributed by atoms with Gasteiger partial charge in [0.25, 0.3) is 5.91 Å². The maximum absolute atomic E-state index is 14.6. The molecule has 2 atom stereocenters. The van der Waals surface area contributed by atoms with Crippen molar-refractivity contribution in [1.82, 2.24) is 5.32 Å². The molecule has 2 N–H and O–H groups in total. The van der Waals surface area contributed by atoms with Crippen LogP contribution in [0, 0.1) is 0 Å². The molecule has 1 amide bonds. The van der Waals surface area contributed by atoms with Gasteiger partial charge in [-0.15, -0.1) is 11.3 Å². The van der Waals surface area contributed by atoms with Crippen molar-refractivity contribution in [3.8, 4) is 0 Å². The number of carboxylic acids is 1. The summed E-state index contributed by atoms with van der Waals surface area (Å²) >= 11 is 6.89. The fraction of sp³-hybridized carbons (Fsp3) is 0.158. The van der Waals surface area contributed by atoms with Crippen LogP contribution in [0.15, 0.2) is 48.5 Å². The molecule has 1 aromatic heterocycles. The van der Waals surface area contributed by atoms with E-state index in [0.717, 1.165) is 16.9 Å². The number of alkyl halides is 1. The maximum atomic E-state index is 14.6. The van der Waals surface area contributed by atoms with Gasteiger partial charge in [-0.1, -0.05) is 35.9 Å². The Bertz CT molecular complexity index is 971. The van der Waals surface area contributed by atoms with E-state index in [9.17, 15) is 14.0 Å². The lowest BCUT2D eigenvalue weighted by molar-refractivity contribution is -0.126. The molecule has 4 nitrogen and oxygen atoms in total. The summed E-state index contributed by atoms with van der Waals surface area (Å²) in [6, 6.07) is 12.7. The average Bonchev–Trinajstić information content (AvgIpc) is 3.05. The third-order valence-corrected chi connectivity index (χ3v) is 5.34. The zero-order valence-electron chi connectivity index (χ0n) is 13.7. The average molecular weight is 392 g/mol. The van der Waals surface area contributed by atoms with Gasteiger partial charge in [-0.3, -0.25) is 4.79 Å². The van der Waals surface area contributed by atoms with Gasteiger partial charge in [-0.05, 0) is 47.7 Å². The van der Waals surface area contributed by atoms with Gasteiger partial charge in [0, 0.05) is 9.72 Å². The van der Waals surface area contributed by atoms with Crippen LogP contribution >= 0.6 is 22.9 Å². The smallest absolute Gasteiger partial charge is 0.345 e. The first-order valence-electron chi connectivity index (χ1n) is 7.82. The van der Waals surface area contributed by atoms with Crippen LogP contribution in [0.4, 0.5) is 4.39 Å². The van der Waals surface area contributed by atoms with E-state index < -0.39 is 18.0 Å². The normalized spacial score (nSPS) is 13.3. The number of hydrogen-bond acceptors (Lipinski definition) is 3. The summed E-state index contributed by atoms with van der Waals surface area (Å²) in [6.07, 6.45) is -1.84. The molecule has 7 heteroatoms. The number of amides is 1. The van der Waals surface area contributed by atoms with E-state index in [0.29, 0.717) is 15.1 Å². The Kier molecular flexibility index (Phi) is 5.25. The molecule has 0 radical (unpaired) electrons. The van der Waals surface area contributed by atoms with Gasteiger partial charge in [-0.2, -0.15) is 0 Å². The molecule has 2 unspecified atom stereocenters. The number of carboxylic acid groups (broad SMARTS) is 1. The van der Waals surface area contributed by atoms with Gasteiger partial charge in [0.1, 0.15) is 4.88 Å². The lowest BCUT2D eigenvalue weighted by Crippen LogP contribution is -2.30. The van der Waals surface area contributed by atoms with E-state index in [1.165, 1.54) is 18.2 Å². The highest BCUT2D eigenvalue weighted by atomic mass is 35.5. The SMILES string of the molecule is CC(NC(=O)C(F)c1ccc2cc(C(=O)O)sc2c1)c1ccc(Cl)cc1. The molecule has 0 bridgehead atoms. The Morgan fingerprint density at radius 1 is 1.12 bits per heavy atom. The van der Waals surface area contributed by atoms with Crippen molar-refractivity contribution in [3.05, 3.63) is 69.6 Å². The number of halogens is 2. The molecular formula is C19H15ClFNO3S. The topological polar surface area (TPSA) is 66.4 Å². The van der Waals surface area contributed by atoms with Crippen molar-refractivity contribution in [2.45, 2.75) is 19.1 Å². The third kappa shape index (κ3) is 3.86. The Balaban J connectivity index is 1.76. The molecule has 0 saturated carbocycles. The van der Waals surface area contributed by atoms with E-state index in [-0.39, 0.29) is 16.5 Å². The quantitative estimate of drug-likeness (QED) is 0.632. The summed E-state index contributed by atoms with van der Waals surface area (Å²) in [7, 11) is 0. The number of nitrogens with one attached hydrogen (secondary N) is 1. The fourth-order valence-corrected chi connectivity index (χ4v) is 3.66. The molecule has 0 saturated heterocycles. The van der Waals surface area contributed by atoms with E-state index in [2.05, 4.69) is 5.32 Å². The van der Waals surface area contributed by atoms with Gasteiger partial charge < -0.3 is 10.4 Å². The van der Waals surface area contributed by atoms with Crippen LogP contribution in [-0.2, 0) is 4.79 Å². The summed E-state index contributed by atoms with van der Waals surface area (Å²) in [5, 5.41) is 13.0. The number of thiophene rings is 1. The highest BCUT2D eigenvalue weighted by molar-refractivity contribution is 7.20. The second-order valence-corrected chi connectivity index (χ2v) is 7.38. The zero-order valence-corrected chi connectivity index (χ0v) is 15.3. The molecule has 0 fully saturated rings. The van der Waals surface area contributed by atoms with Gasteiger partial charge in [-0.25, -0.2) is 9.18 Å². The number of benzene rings is 2. The van der Waals surface area contributed by atoms with Crippen molar-refractivity contribution < 1.29 is 19.1 Å². The van der Waals surface area contributed by atoms with Crippen LogP contribution < -0.4 is 5.32 Å². The number of fused-ring (bicyclic) bond motifs is 1. The number of aromatic carboxylic acids is 1. The van der Waals surface area contributed by atoms with E-state index in [1.54, 1.807) is 37.3 Å². The summed E-state index contributed by atoms with van der Waals surface area (Å²) in [6.45, 7) is 1.76. The molecular weight excluding hydrogens is 377 g/mol. The number of carbonyl (C=O) groups is 2. The van der Waals surface area contributed by atoms with Crippen LogP contribution in [-0.4, -0.2) is 17.0 Å². The summed E-state index contributed by atoms with van der Waals surface area (Å²) in [5.41, 5.74) is 1.01. The van der Waals surface area contributed by atoms with Crippen molar-refractivity contribution >= 4 is 44.9 Å². The van der Waals surface area contributed by atoms with Gasteiger partial charge in [0.05, 0.1) is 6.04 Å². The molecule has 0 spiro atoms. The molecule has 26 heavy (non-hydrogen) atoms. The fourth-order valence-electron chi connectivity index (χ4n) is 2.58. The van der Waals surface area contributed by atoms with Crippen molar-refractivity contribution in [1.29, 1.82) is 0 Å². The molecule has 0 aliphatic heterocycles. The second-order valence-electron chi connectivity index (χ2n) is 5.86. The van der Waals surface area contributed by atoms with Crippen LogP contribution in [0.2, 0.25) is 5.02 Å². The molecule has 3 aromatic rings. The second kappa shape index (κ2) is 7.43. The van der Waals surface area contributed by atoms with E-state index >= 15 is 0 Å². The summed E-state index contributed by atoms with van der Waals surface area (Å²) in [5.74, 6) is -1.78. The highest BCUT2D eigenvalue weighted by Crippen LogP contribution is 2.30. The lowest BCUT2D eigenvalue weighted by Gasteiger charge is -2.16. The first-order valence-corrected chi connectivity index (χ1v) is 9.01. The Hall–Kier alpha value is -2.44. The van der Waals surface area contributed by atoms with Crippen LogP contribution in [0.1, 0.15) is 39.9 Å². The third-order valence-electron chi connectivity index (χ3n) is 4.01. The maximum Gasteiger partial charge on any atom is 0.345 e. The Labute approximate surface area is 158 Å². The number of carbonyl (C=O) groups excluding carboxylic acids is 1. The molecule has 0 aliphatic carbocycles. The molecule has 3 rings (SSSR count). The van der Waals surface area contributed by atoms with Gasteiger partial charge in [0.2, 0.25) is 6.17 Å². The predicted molar refractivity (Wildman–Crippen MR) is 101 cm³/mol. The minimum atomic E-state index is -1.84. The molecule has 1 heterocycles. The largest absolute Gasteiger partial charge is 0.477 e. The minimum Gasteiger partial charge on any atom is -0.477 e. The lowest BCUT2D eigenvalue weighted by atomic mass is 10.1. The highest BCUT2D eigenvalue weighted by Gasteiger charge is 2.22. The van der Waals surface area contributed by atoms with Gasteiger partial charge >= 0.3 is 5.97 Å². The van der Waals surface area contributed by atoms with E-state index in [1.807, 2.05) is 0 Å². The summed E-state index contributed by atoms with van der Waals surface area (Å²) < 4.78 is 15.2. The van der Waals surface area contributed by atoms with Gasteiger partial charge in [0.15, 0.2) is 0 Å². The predicted octanol–water partition coefficient (Wildman–Crippen LogP) is 5.14. The van der Waals surface area contributed by atoms with E-state index in [4.69, 9.17) is 16.7 Å². The minimum absolute atomic E-state index is 0.174. The van der Waals surface area contributed by atoms with Crippen LogP contribution in [0.25, 0.3) is 10.1 Å². The number of hydrogen-bond donors (Lipinski definition) is 2. The van der Waals surface area contributed by atoms with Crippen LogP contribution in [0.5, 0.6) is 0 Å². The monoisotopic (exact) mass is 391 g/mol. The summed E-state index contributed by atoms with van der Waals surface area (Å²) in [4.78, 5) is 23.5. The zero-order chi connectivity index (χ0) is 18.8. The van der Waals surface area contributed by atoms with Crippen molar-refractivity contribution in [2.24, 2.45) is 0 Å². The Morgan fingerprint density at radius 3 is 2.42 bits per heavy atom. The first-order chi connectivity index (χ1) is 12.3. The standard InChI is InChI=1S/C19H15ClFNO3S/c1-10(11-4-6-14(20)7-5-11)22-18(23)17(21)13-3-2-12-8-16(19(24)25)26-15(12)9-13/h2-10,17H,1H3,(H,22,23)(H,24,25). The Morgan fingerprint density at radius 2 is 1.77 bits per heavy atom. The number of rotatable bonds is 5. The van der Waals surface area contributed by atoms with Crippen molar-refractivity contribution in [2.75, 3.05) is 0 Å².